The normalized spacial score (nSPS) is 11.9. The van der Waals surface area contributed by atoms with Gasteiger partial charge in [-0.05, 0) is 24.3 Å². The van der Waals surface area contributed by atoms with Gasteiger partial charge >= 0.3 is 0 Å². The Hall–Kier alpha value is -1.87. The molecule has 1 heterocycles. The molecular weight excluding hydrogens is 248 g/mol. The minimum Gasteiger partial charge on any atom is -0.299 e. The SMILES string of the molecule is C[Si](C)(C)c1ccc(-n2cnc3ccccc32)cc1. The zero-order valence-corrected chi connectivity index (χ0v) is 12.6. The summed E-state index contributed by atoms with van der Waals surface area (Å²) in [6.45, 7) is 7.11. The zero-order chi connectivity index (χ0) is 13.5. The lowest BCUT2D eigenvalue weighted by molar-refractivity contribution is 1.09. The summed E-state index contributed by atoms with van der Waals surface area (Å²) in [6.07, 6.45) is 1.90. The Morgan fingerprint density at radius 1 is 0.895 bits per heavy atom. The Balaban J connectivity index is 2.07. The second-order valence-corrected chi connectivity index (χ2v) is 11.0. The molecule has 0 saturated heterocycles. The fourth-order valence-electron chi connectivity index (χ4n) is 2.29. The van der Waals surface area contributed by atoms with Crippen molar-refractivity contribution in [1.82, 2.24) is 9.55 Å². The molecule has 0 fully saturated rings. The van der Waals surface area contributed by atoms with Gasteiger partial charge in [-0.15, -0.1) is 0 Å². The predicted molar refractivity (Wildman–Crippen MR) is 84.1 cm³/mol. The van der Waals surface area contributed by atoms with Crippen LogP contribution < -0.4 is 5.19 Å². The van der Waals surface area contributed by atoms with Crippen LogP contribution in [0.25, 0.3) is 16.7 Å². The Kier molecular flexibility index (Phi) is 2.79. The molecule has 0 unspecified atom stereocenters. The number of hydrogen-bond acceptors (Lipinski definition) is 1. The molecule has 0 N–H and O–H groups in total. The summed E-state index contributed by atoms with van der Waals surface area (Å²) in [5, 5.41) is 1.49. The average molecular weight is 266 g/mol. The fraction of sp³-hybridized carbons (Fsp3) is 0.188. The summed E-state index contributed by atoms with van der Waals surface area (Å²) in [7, 11) is -1.22. The van der Waals surface area contributed by atoms with Gasteiger partial charge < -0.3 is 0 Å². The number of rotatable bonds is 2. The van der Waals surface area contributed by atoms with Gasteiger partial charge in [0.05, 0.1) is 19.1 Å². The van der Waals surface area contributed by atoms with Gasteiger partial charge in [0.1, 0.15) is 6.33 Å². The monoisotopic (exact) mass is 266 g/mol. The van der Waals surface area contributed by atoms with Gasteiger partial charge in [-0.2, -0.15) is 0 Å². The fourth-order valence-corrected chi connectivity index (χ4v) is 3.45. The third-order valence-corrected chi connectivity index (χ3v) is 5.53. The van der Waals surface area contributed by atoms with Crippen LogP contribution in [-0.2, 0) is 0 Å². The maximum atomic E-state index is 4.44. The van der Waals surface area contributed by atoms with E-state index in [-0.39, 0.29) is 0 Å². The highest BCUT2D eigenvalue weighted by Crippen LogP contribution is 2.17. The van der Waals surface area contributed by atoms with Crippen molar-refractivity contribution in [2.75, 3.05) is 0 Å². The first-order chi connectivity index (χ1) is 9.05. The lowest BCUT2D eigenvalue weighted by Crippen LogP contribution is -2.37. The van der Waals surface area contributed by atoms with Gasteiger partial charge in [0.15, 0.2) is 0 Å². The van der Waals surface area contributed by atoms with Crippen molar-refractivity contribution in [1.29, 1.82) is 0 Å². The van der Waals surface area contributed by atoms with Crippen LogP contribution in [-0.4, -0.2) is 17.6 Å². The van der Waals surface area contributed by atoms with E-state index < -0.39 is 8.07 Å². The van der Waals surface area contributed by atoms with Crippen LogP contribution in [0.3, 0.4) is 0 Å². The van der Waals surface area contributed by atoms with Gasteiger partial charge in [0.2, 0.25) is 0 Å². The molecule has 0 atom stereocenters. The first-order valence-corrected chi connectivity index (χ1v) is 10.1. The Morgan fingerprint density at radius 2 is 1.58 bits per heavy atom. The largest absolute Gasteiger partial charge is 0.299 e. The minimum atomic E-state index is -1.22. The Bertz CT molecular complexity index is 705. The van der Waals surface area contributed by atoms with Crippen molar-refractivity contribution in [3.63, 3.8) is 0 Å². The highest BCUT2D eigenvalue weighted by atomic mass is 28.3. The summed E-state index contributed by atoms with van der Waals surface area (Å²) in [6, 6.07) is 17.1. The number of imidazole rings is 1. The summed E-state index contributed by atoms with van der Waals surface area (Å²) < 4.78 is 2.14. The molecule has 0 aliphatic carbocycles. The number of nitrogens with zero attached hydrogens (tertiary/aromatic N) is 2. The second kappa shape index (κ2) is 4.35. The van der Waals surface area contributed by atoms with E-state index in [9.17, 15) is 0 Å². The van der Waals surface area contributed by atoms with E-state index in [1.54, 1.807) is 0 Å². The van der Waals surface area contributed by atoms with Gasteiger partial charge in [0, 0.05) is 5.69 Å². The van der Waals surface area contributed by atoms with Crippen LogP contribution in [0.2, 0.25) is 19.6 Å². The summed E-state index contributed by atoms with van der Waals surface area (Å²) in [5.41, 5.74) is 3.37. The summed E-state index contributed by atoms with van der Waals surface area (Å²) in [5.74, 6) is 0. The minimum absolute atomic E-state index is 1.04. The molecule has 0 radical (unpaired) electrons. The number of para-hydroxylation sites is 2. The van der Waals surface area contributed by atoms with E-state index in [1.165, 1.54) is 10.9 Å². The number of aromatic nitrogens is 2. The van der Waals surface area contributed by atoms with E-state index in [0.717, 1.165) is 11.0 Å². The van der Waals surface area contributed by atoms with Crippen LogP contribution in [0.1, 0.15) is 0 Å². The average Bonchev–Trinajstić information content (AvgIpc) is 2.82. The first-order valence-electron chi connectivity index (χ1n) is 6.59. The topological polar surface area (TPSA) is 17.8 Å². The van der Waals surface area contributed by atoms with Crippen LogP contribution in [0.5, 0.6) is 0 Å². The molecule has 0 saturated carbocycles. The van der Waals surface area contributed by atoms with E-state index in [4.69, 9.17) is 0 Å². The van der Waals surface area contributed by atoms with Crippen molar-refractivity contribution < 1.29 is 0 Å². The lowest BCUT2D eigenvalue weighted by Gasteiger charge is -2.17. The number of fused-ring (bicyclic) bond motifs is 1. The molecule has 3 rings (SSSR count). The van der Waals surface area contributed by atoms with Crippen molar-refractivity contribution in [2.45, 2.75) is 19.6 Å². The van der Waals surface area contributed by atoms with Crippen LogP contribution in [0, 0.1) is 0 Å². The molecule has 3 aromatic rings. The van der Waals surface area contributed by atoms with Crippen molar-refractivity contribution in [3.8, 4) is 5.69 Å². The third kappa shape index (κ3) is 2.21. The molecule has 2 aromatic carbocycles. The summed E-state index contributed by atoms with van der Waals surface area (Å²) in [4.78, 5) is 4.44. The predicted octanol–water partition coefficient (Wildman–Crippen LogP) is 3.57. The molecule has 0 aliphatic heterocycles. The zero-order valence-electron chi connectivity index (χ0n) is 11.6. The smallest absolute Gasteiger partial charge is 0.100 e. The van der Waals surface area contributed by atoms with E-state index in [2.05, 4.69) is 65.6 Å². The number of benzene rings is 2. The maximum Gasteiger partial charge on any atom is 0.100 e. The Morgan fingerprint density at radius 3 is 2.26 bits per heavy atom. The third-order valence-electron chi connectivity index (χ3n) is 3.47. The molecule has 96 valence electrons. The molecule has 3 heteroatoms. The molecule has 0 amide bonds. The van der Waals surface area contributed by atoms with E-state index in [0.29, 0.717) is 0 Å². The van der Waals surface area contributed by atoms with Crippen LogP contribution in [0.15, 0.2) is 54.9 Å². The molecule has 19 heavy (non-hydrogen) atoms. The molecule has 0 spiro atoms. The molecule has 2 nitrogen and oxygen atoms in total. The molecule has 0 bridgehead atoms. The molecule has 1 aromatic heterocycles. The van der Waals surface area contributed by atoms with Gasteiger partial charge in [-0.1, -0.05) is 49.1 Å². The Labute approximate surface area is 114 Å². The van der Waals surface area contributed by atoms with Gasteiger partial charge in [0.25, 0.3) is 0 Å². The summed E-state index contributed by atoms with van der Waals surface area (Å²) >= 11 is 0. The van der Waals surface area contributed by atoms with Crippen molar-refractivity contribution in [2.24, 2.45) is 0 Å². The first kappa shape index (κ1) is 12.2. The molecule has 0 aliphatic rings. The van der Waals surface area contributed by atoms with E-state index in [1.807, 2.05) is 18.5 Å². The standard InChI is InChI=1S/C16H18N2Si/c1-19(2,3)14-10-8-13(9-11-14)18-12-17-15-6-4-5-7-16(15)18/h4-12H,1-3H3. The van der Waals surface area contributed by atoms with Crippen LogP contribution >= 0.6 is 0 Å². The van der Waals surface area contributed by atoms with Crippen molar-refractivity contribution >= 4 is 24.3 Å². The second-order valence-electron chi connectivity index (χ2n) is 5.90. The van der Waals surface area contributed by atoms with Crippen LogP contribution in [0.4, 0.5) is 0 Å². The van der Waals surface area contributed by atoms with E-state index >= 15 is 0 Å². The maximum absolute atomic E-state index is 4.44. The highest BCUT2D eigenvalue weighted by Gasteiger charge is 2.15. The van der Waals surface area contributed by atoms with Gasteiger partial charge in [-0.25, -0.2) is 4.98 Å². The highest BCUT2D eigenvalue weighted by molar-refractivity contribution is 6.88. The number of hydrogen-bond donors (Lipinski definition) is 0. The van der Waals surface area contributed by atoms with Gasteiger partial charge in [-0.3, -0.25) is 4.57 Å². The quantitative estimate of drug-likeness (QED) is 0.648. The van der Waals surface area contributed by atoms with Crippen molar-refractivity contribution in [3.05, 3.63) is 54.9 Å². The lowest BCUT2D eigenvalue weighted by atomic mass is 10.3. The molecular formula is C16H18N2Si.